The number of benzene rings is 1. The van der Waals surface area contributed by atoms with Crippen LogP contribution in [0.4, 0.5) is 10.5 Å². The molecule has 0 saturated carbocycles. The van der Waals surface area contributed by atoms with Gasteiger partial charge in [0.2, 0.25) is 5.91 Å². The number of halogens is 1. The summed E-state index contributed by atoms with van der Waals surface area (Å²) in [5.74, 6) is -0.954. The topological polar surface area (TPSA) is 78.5 Å². The van der Waals surface area contributed by atoms with Crippen LogP contribution < -0.4 is 10.6 Å². The lowest BCUT2D eigenvalue weighted by molar-refractivity contribution is -0.133. The van der Waals surface area contributed by atoms with Gasteiger partial charge in [-0.25, -0.2) is 4.79 Å². The van der Waals surface area contributed by atoms with Crippen LogP contribution in [-0.2, 0) is 15.1 Å². The number of aryl methyl sites for hydroxylation is 1. The first kappa shape index (κ1) is 17.4. The maximum absolute atomic E-state index is 12.7. The lowest BCUT2D eigenvalue weighted by atomic mass is 9.95. The first-order valence-corrected chi connectivity index (χ1v) is 8.86. The minimum Gasteiger partial charge on any atom is -0.323 e. The molecule has 0 spiro atoms. The molecule has 1 saturated heterocycles. The van der Waals surface area contributed by atoms with Gasteiger partial charge in [0.05, 0.1) is 10.7 Å². The molecular formula is C17H16ClN3O3S. The van der Waals surface area contributed by atoms with Crippen molar-refractivity contribution in [2.45, 2.75) is 19.4 Å². The highest BCUT2D eigenvalue weighted by molar-refractivity contribution is 7.08. The fraction of sp³-hybridized carbons (Fsp3) is 0.235. The fourth-order valence-corrected chi connectivity index (χ4v) is 3.69. The summed E-state index contributed by atoms with van der Waals surface area (Å²) in [7, 11) is 0. The third-order valence-corrected chi connectivity index (χ3v) is 5.07. The molecule has 1 aliphatic heterocycles. The number of hydrogen-bond acceptors (Lipinski definition) is 4. The number of nitrogens with one attached hydrogen (secondary N) is 2. The molecule has 0 unspecified atom stereocenters. The zero-order valence-corrected chi connectivity index (χ0v) is 15.2. The van der Waals surface area contributed by atoms with E-state index in [0.29, 0.717) is 16.3 Å². The Morgan fingerprint density at radius 1 is 1.36 bits per heavy atom. The van der Waals surface area contributed by atoms with E-state index < -0.39 is 23.4 Å². The standard InChI is InChI=1S/C17H16ClN3O3S/c1-10-3-4-13(12(18)7-10)19-14(22)8-21-15(23)17(2,20-16(21)24)11-5-6-25-9-11/h3-7,9H,8H2,1-2H3,(H,19,22)(H,20,24)/t17-/m1/s1. The Hall–Kier alpha value is -2.38. The van der Waals surface area contributed by atoms with E-state index >= 15 is 0 Å². The van der Waals surface area contributed by atoms with E-state index in [1.54, 1.807) is 30.5 Å². The number of thiophene rings is 1. The number of urea groups is 1. The molecule has 6 nitrogen and oxygen atoms in total. The summed E-state index contributed by atoms with van der Waals surface area (Å²) >= 11 is 7.52. The molecular weight excluding hydrogens is 362 g/mol. The normalized spacial score (nSPS) is 19.9. The molecule has 2 aromatic rings. The van der Waals surface area contributed by atoms with Crippen LogP contribution in [-0.4, -0.2) is 29.3 Å². The van der Waals surface area contributed by atoms with Gasteiger partial charge in [0.15, 0.2) is 0 Å². The third kappa shape index (κ3) is 3.25. The Bertz CT molecular complexity index is 853. The Labute approximate surface area is 153 Å². The Balaban J connectivity index is 1.73. The van der Waals surface area contributed by atoms with Crippen LogP contribution in [0.5, 0.6) is 0 Å². The largest absolute Gasteiger partial charge is 0.325 e. The highest BCUT2D eigenvalue weighted by atomic mass is 35.5. The van der Waals surface area contributed by atoms with E-state index in [1.165, 1.54) is 11.3 Å². The predicted octanol–water partition coefficient (Wildman–Crippen LogP) is 3.12. The van der Waals surface area contributed by atoms with Gasteiger partial charge in [-0.05, 0) is 53.9 Å². The van der Waals surface area contributed by atoms with Crippen molar-refractivity contribution in [3.05, 3.63) is 51.2 Å². The van der Waals surface area contributed by atoms with E-state index in [2.05, 4.69) is 10.6 Å². The van der Waals surface area contributed by atoms with E-state index in [0.717, 1.165) is 10.5 Å². The van der Waals surface area contributed by atoms with Crippen molar-refractivity contribution in [3.63, 3.8) is 0 Å². The summed E-state index contributed by atoms with van der Waals surface area (Å²) in [6, 6.07) is 6.39. The first-order chi connectivity index (χ1) is 11.8. The van der Waals surface area contributed by atoms with Crippen molar-refractivity contribution in [1.29, 1.82) is 0 Å². The molecule has 25 heavy (non-hydrogen) atoms. The highest BCUT2D eigenvalue weighted by Crippen LogP contribution is 2.30. The molecule has 3 rings (SSSR count). The maximum atomic E-state index is 12.7. The first-order valence-electron chi connectivity index (χ1n) is 7.54. The van der Waals surface area contributed by atoms with E-state index in [-0.39, 0.29) is 6.54 Å². The predicted molar refractivity (Wildman–Crippen MR) is 96.7 cm³/mol. The van der Waals surface area contributed by atoms with Crippen molar-refractivity contribution in [2.24, 2.45) is 0 Å². The lowest BCUT2D eigenvalue weighted by Crippen LogP contribution is -2.41. The van der Waals surface area contributed by atoms with Crippen molar-refractivity contribution < 1.29 is 14.4 Å². The number of imide groups is 1. The minimum absolute atomic E-state index is 0.380. The van der Waals surface area contributed by atoms with Crippen LogP contribution in [0.15, 0.2) is 35.0 Å². The van der Waals surface area contributed by atoms with Crippen molar-refractivity contribution in [1.82, 2.24) is 10.2 Å². The van der Waals surface area contributed by atoms with Gasteiger partial charge in [-0.1, -0.05) is 17.7 Å². The molecule has 2 heterocycles. The molecule has 1 aliphatic rings. The monoisotopic (exact) mass is 377 g/mol. The summed E-state index contributed by atoms with van der Waals surface area (Å²) < 4.78 is 0. The van der Waals surface area contributed by atoms with Crippen molar-refractivity contribution in [3.8, 4) is 0 Å². The van der Waals surface area contributed by atoms with E-state index in [4.69, 9.17) is 11.6 Å². The maximum Gasteiger partial charge on any atom is 0.325 e. The summed E-state index contributed by atoms with van der Waals surface area (Å²) in [6.07, 6.45) is 0. The molecule has 2 N–H and O–H groups in total. The SMILES string of the molecule is Cc1ccc(NC(=O)CN2C(=O)N[C@](C)(c3ccsc3)C2=O)c(Cl)c1. The zero-order valence-electron chi connectivity index (χ0n) is 13.6. The molecule has 1 fully saturated rings. The average molecular weight is 378 g/mol. The van der Waals surface area contributed by atoms with Gasteiger partial charge in [-0.2, -0.15) is 11.3 Å². The number of carbonyl (C=O) groups is 3. The Morgan fingerprint density at radius 2 is 2.12 bits per heavy atom. The van der Waals surface area contributed by atoms with Gasteiger partial charge in [-0.15, -0.1) is 0 Å². The molecule has 4 amide bonds. The number of nitrogens with zero attached hydrogens (tertiary/aromatic N) is 1. The Kier molecular flexibility index (Phi) is 4.53. The Morgan fingerprint density at radius 3 is 2.76 bits per heavy atom. The number of rotatable bonds is 4. The second kappa shape index (κ2) is 6.50. The molecule has 0 aliphatic carbocycles. The van der Waals surface area contributed by atoms with Crippen LogP contribution in [0.2, 0.25) is 5.02 Å². The van der Waals surface area contributed by atoms with E-state index in [1.807, 2.05) is 18.4 Å². The lowest BCUT2D eigenvalue weighted by Gasteiger charge is -2.20. The van der Waals surface area contributed by atoms with Gasteiger partial charge in [0, 0.05) is 0 Å². The number of amides is 4. The third-order valence-electron chi connectivity index (χ3n) is 4.07. The number of hydrogen-bond donors (Lipinski definition) is 2. The fourth-order valence-electron chi connectivity index (χ4n) is 2.64. The second-order valence-electron chi connectivity index (χ2n) is 5.99. The quantitative estimate of drug-likeness (QED) is 0.803. The molecule has 0 radical (unpaired) electrons. The van der Waals surface area contributed by atoms with Crippen LogP contribution in [0.1, 0.15) is 18.1 Å². The van der Waals surface area contributed by atoms with Crippen LogP contribution in [0, 0.1) is 6.92 Å². The average Bonchev–Trinajstić information content (AvgIpc) is 3.15. The molecule has 1 aromatic carbocycles. The molecule has 1 atom stereocenters. The summed E-state index contributed by atoms with van der Waals surface area (Å²) in [5.41, 5.74) is 0.938. The van der Waals surface area contributed by atoms with Gasteiger partial charge >= 0.3 is 6.03 Å². The summed E-state index contributed by atoms with van der Waals surface area (Å²) in [5, 5.41) is 9.31. The van der Waals surface area contributed by atoms with Gasteiger partial charge in [0.25, 0.3) is 5.91 Å². The number of carbonyl (C=O) groups excluding carboxylic acids is 3. The molecule has 1 aromatic heterocycles. The minimum atomic E-state index is -1.15. The van der Waals surface area contributed by atoms with Crippen molar-refractivity contribution >= 4 is 46.5 Å². The van der Waals surface area contributed by atoms with Gasteiger partial charge < -0.3 is 10.6 Å². The van der Waals surface area contributed by atoms with Gasteiger partial charge in [0.1, 0.15) is 12.1 Å². The molecule has 0 bridgehead atoms. The smallest absolute Gasteiger partial charge is 0.323 e. The van der Waals surface area contributed by atoms with Crippen LogP contribution >= 0.6 is 22.9 Å². The molecule has 130 valence electrons. The van der Waals surface area contributed by atoms with Crippen LogP contribution in [0.3, 0.4) is 0 Å². The number of anilines is 1. The second-order valence-corrected chi connectivity index (χ2v) is 7.18. The summed E-state index contributed by atoms with van der Waals surface area (Å²) in [4.78, 5) is 38.0. The highest BCUT2D eigenvalue weighted by Gasteiger charge is 2.49. The zero-order chi connectivity index (χ0) is 18.2. The van der Waals surface area contributed by atoms with E-state index in [9.17, 15) is 14.4 Å². The van der Waals surface area contributed by atoms with Crippen molar-refractivity contribution in [2.75, 3.05) is 11.9 Å². The van der Waals surface area contributed by atoms with Crippen LogP contribution in [0.25, 0.3) is 0 Å². The van der Waals surface area contributed by atoms with Gasteiger partial charge in [-0.3, -0.25) is 14.5 Å². The summed E-state index contributed by atoms with van der Waals surface area (Å²) in [6.45, 7) is 3.13. The molecule has 8 heteroatoms.